The Labute approximate surface area is 107 Å². The average Bonchev–Trinajstić information content (AvgIpc) is 2.77. The van der Waals surface area contributed by atoms with Gasteiger partial charge >= 0.3 is 6.09 Å². The number of anilines is 1. The fraction of sp³-hybridized carbons (Fsp3) is 0.556. The van der Waals surface area contributed by atoms with Crippen molar-refractivity contribution >= 4 is 28.3 Å². The van der Waals surface area contributed by atoms with Gasteiger partial charge < -0.3 is 15.3 Å². The third kappa shape index (κ3) is 2.82. The van der Waals surface area contributed by atoms with Crippen LogP contribution < -0.4 is 10.2 Å². The number of hydrogen-bond donors (Lipinski definition) is 2. The third-order valence-corrected chi connectivity index (χ3v) is 3.57. The first kappa shape index (κ1) is 12.5. The number of amides is 1. The van der Waals surface area contributed by atoms with E-state index in [0.29, 0.717) is 12.2 Å². The summed E-state index contributed by atoms with van der Waals surface area (Å²) in [5.74, 6) is 0. The summed E-state index contributed by atoms with van der Waals surface area (Å²) in [7, 11) is 0. The van der Waals surface area contributed by atoms with Crippen LogP contribution in [0.25, 0.3) is 10.4 Å². The van der Waals surface area contributed by atoms with Crippen LogP contribution in [0.4, 0.5) is 15.5 Å². The van der Waals surface area contributed by atoms with Crippen LogP contribution in [0.5, 0.6) is 0 Å². The number of piperidine rings is 1. The highest BCUT2D eigenvalue weighted by molar-refractivity contribution is 7.10. The molecule has 0 spiro atoms. The number of carboxylic acid groups (broad SMARTS) is 1. The minimum absolute atomic E-state index is 0.0998. The van der Waals surface area contributed by atoms with Gasteiger partial charge in [-0.2, -0.15) is 4.37 Å². The Kier molecular flexibility index (Phi) is 3.85. The number of aromatic nitrogens is 1. The molecule has 0 aliphatic carbocycles. The maximum atomic E-state index is 10.6. The number of carbonyl (C=O) groups is 1. The minimum Gasteiger partial charge on any atom is -0.465 e. The monoisotopic (exact) mass is 268 g/mol. The maximum Gasteiger partial charge on any atom is 0.404 e. The number of rotatable bonds is 3. The van der Waals surface area contributed by atoms with E-state index in [1.165, 1.54) is 17.7 Å². The number of nitrogens with one attached hydrogen (secondary N) is 1. The lowest BCUT2D eigenvalue weighted by Crippen LogP contribution is -2.47. The van der Waals surface area contributed by atoms with Crippen molar-refractivity contribution < 1.29 is 9.90 Å². The smallest absolute Gasteiger partial charge is 0.404 e. The van der Waals surface area contributed by atoms with Crippen LogP contribution in [-0.4, -0.2) is 34.7 Å². The second-order valence-electron chi connectivity index (χ2n) is 3.94. The third-order valence-electron chi connectivity index (χ3n) is 2.72. The van der Waals surface area contributed by atoms with E-state index in [9.17, 15) is 4.79 Å². The Morgan fingerprint density at radius 3 is 3.33 bits per heavy atom. The molecule has 0 bridgehead atoms. The SMILES string of the molecule is [N-]=[N+]=Nc1cnsc1N1CCC[C@H](NC(=O)O)C1. The second-order valence-corrected chi connectivity index (χ2v) is 4.72. The van der Waals surface area contributed by atoms with Gasteiger partial charge in [-0.25, -0.2) is 4.79 Å². The molecule has 1 atom stereocenters. The highest BCUT2D eigenvalue weighted by Crippen LogP contribution is 2.34. The molecule has 2 rings (SSSR count). The standard InChI is InChI=1S/C9H12N6O2S/c10-14-13-7-4-11-18-8(7)15-3-1-2-6(5-15)12-9(16)17/h4,6,12H,1-3,5H2,(H,16,17)/t6-/m0/s1. The fourth-order valence-corrected chi connectivity index (χ4v) is 2.74. The zero-order valence-electron chi connectivity index (χ0n) is 9.48. The van der Waals surface area contributed by atoms with E-state index >= 15 is 0 Å². The Morgan fingerprint density at radius 2 is 2.61 bits per heavy atom. The number of hydrogen-bond acceptors (Lipinski definition) is 5. The molecule has 1 aromatic heterocycles. The first-order valence-corrected chi connectivity index (χ1v) is 6.22. The summed E-state index contributed by atoms with van der Waals surface area (Å²) < 4.78 is 4.00. The van der Waals surface area contributed by atoms with Crippen LogP contribution in [0.3, 0.4) is 0 Å². The Hall–Kier alpha value is -1.99. The summed E-state index contributed by atoms with van der Waals surface area (Å²) in [6.07, 6.45) is 2.21. The predicted octanol–water partition coefficient (Wildman–Crippen LogP) is 2.32. The van der Waals surface area contributed by atoms with Crippen molar-refractivity contribution in [3.63, 3.8) is 0 Å². The van der Waals surface area contributed by atoms with Crippen molar-refractivity contribution in [2.45, 2.75) is 18.9 Å². The molecule has 9 heteroatoms. The molecule has 18 heavy (non-hydrogen) atoms. The van der Waals surface area contributed by atoms with Gasteiger partial charge in [-0.1, -0.05) is 5.11 Å². The summed E-state index contributed by atoms with van der Waals surface area (Å²) in [5, 5.41) is 15.6. The van der Waals surface area contributed by atoms with Crippen LogP contribution in [0, 0.1) is 0 Å². The van der Waals surface area contributed by atoms with Crippen molar-refractivity contribution in [2.24, 2.45) is 5.11 Å². The molecule has 96 valence electrons. The second kappa shape index (κ2) is 5.56. The molecule has 0 unspecified atom stereocenters. The average molecular weight is 268 g/mol. The molecule has 1 fully saturated rings. The molecular formula is C9H12N6O2S. The first-order valence-electron chi connectivity index (χ1n) is 5.45. The van der Waals surface area contributed by atoms with E-state index in [0.717, 1.165) is 24.4 Å². The lowest BCUT2D eigenvalue weighted by atomic mass is 10.1. The van der Waals surface area contributed by atoms with Gasteiger partial charge in [0.2, 0.25) is 0 Å². The van der Waals surface area contributed by atoms with Crippen LogP contribution >= 0.6 is 11.5 Å². The molecule has 2 heterocycles. The van der Waals surface area contributed by atoms with Crippen molar-refractivity contribution in [1.82, 2.24) is 9.69 Å². The molecule has 0 radical (unpaired) electrons. The van der Waals surface area contributed by atoms with Crippen molar-refractivity contribution in [2.75, 3.05) is 18.0 Å². The summed E-state index contributed by atoms with van der Waals surface area (Å²) in [4.78, 5) is 15.4. The van der Waals surface area contributed by atoms with Crippen LogP contribution in [-0.2, 0) is 0 Å². The maximum absolute atomic E-state index is 10.6. The number of nitrogens with zero attached hydrogens (tertiary/aromatic N) is 5. The quantitative estimate of drug-likeness (QED) is 0.497. The van der Waals surface area contributed by atoms with Crippen LogP contribution in [0.1, 0.15) is 12.8 Å². The van der Waals surface area contributed by atoms with E-state index < -0.39 is 6.09 Å². The van der Waals surface area contributed by atoms with Crippen molar-refractivity contribution in [3.05, 3.63) is 16.6 Å². The van der Waals surface area contributed by atoms with E-state index in [1.807, 2.05) is 4.90 Å². The Bertz CT molecular complexity index is 483. The fourth-order valence-electron chi connectivity index (χ4n) is 2.02. The van der Waals surface area contributed by atoms with Crippen LogP contribution in [0.15, 0.2) is 11.3 Å². The highest BCUT2D eigenvalue weighted by atomic mass is 32.1. The topological polar surface area (TPSA) is 114 Å². The van der Waals surface area contributed by atoms with Gasteiger partial charge in [-0.15, -0.1) is 0 Å². The highest BCUT2D eigenvalue weighted by Gasteiger charge is 2.23. The van der Waals surface area contributed by atoms with Crippen LogP contribution in [0.2, 0.25) is 0 Å². The van der Waals surface area contributed by atoms with Gasteiger partial charge in [0.25, 0.3) is 0 Å². The lowest BCUT2D eigenvalue weighted by molar-refractivity contribution is 0.188. The zero-order chi connectivity index (χ0) is 13.0. The summed E-state index contributed by atoms with van der Waals surface area (Å²) >= 11 is 1.25. The van der Waals surface area contributed by atoms with Gasteiger partial charge in [0, 0.05) is 24.0 Å². The molecule has 0 saturated carbocycles. The van der Waals surface area contributed by atoms with Gasteiger partial charge in [-0.05, 0) is 29.9 Å². The lowest BCUT2D eigenvalue weighted by Gasteiger charge is -2.33. The normalized spacial score (nSPS) is 19.1. The molecule has 1 amide bonds. The van der Waals surface area contributed by atoms with E-state index in [1.54, 1.807) is 0 Å². The summed E-state index contributed by atoms with van der Waals surface area (Å²) in [6.45, 7) is 1.39. The molecule has 1 aromatic rings. The Morgan fingerprint density at radius 1 is 1.78 bits per heavy atom. The molecule has 0 aromatic carbocycles. The Balaban J connectivity index is 2.10. The van der Waals surface area contributed by atoms with Crippen molar-refractivity contribution in [1.29, 1.82) is 0 Å². The molecule has 1 aliphatic heterocycles. The molecule has 8 nitrogen and oxygen atoms in total. The largest absolute Gasteiger partial charge is 0.465 e. The van der Waals surface area contributed by atoms with E-state index in [4.69, 9.17) is 10.6 Å². The molecule has 2 N–H and O–H groups in total. The van der Waals surface area contributed by atoms with Gasteiger partial charge in [0.05, 0.1) is 11.9 Å². The van der Waals surface area contributed by atoms with E-state index in [2.05, 4.69) is 19.7 Å². The van der Waals surface area contributed by atoms with Gasteiger partial charge in [0.1, 0.15) is 5.00 Å². The molecule has 1 saturated heterocycles. The molecule has 1 aliphatic rings. The van der Waals surface area contributed by atoms with Crippen molar-refractivity contribution in [3.8, 4) is 0 Å². The molecular weight excluding hydrogens is 256 g/mol. The van der Waals surface area contributed by atoms with Gasteiger partial charge in [0.15, 0.2) is 0 Å². The summed E-state index contributed by atoms with van der Waals surface area (Å²) in [6, 6.07) is -0.0998. The minimum atomic E-state index is -1.01. The summed E-state index contributed by atoms with van der Waals surface area (Å²) in [5.41, 5.74) is 8.96. The zero-order valence-corrected chi connectivity index (χ0v) is 10.3. The van der Waals surface area contributed by atoms with Gasteiger partial charge in [-0.3, -0.25) is 0 Å². The van der Waals surface area contributed by atoms with E-state index in [-0.39, 0.29) is 6.04 Å². The number of azide groups is 1. The predicted molar refractivity (Wildman–Crippen MR) is 67.3 cm³/mol. The first-order chi connectivity index (χ1) is 8.70.